The van der Waals surface area contributed by atoms with Gasteiger partial charge in [-0.1, -0.05) is 173 Å². The van der Waals surface area contributed by atoms with E-state index >= 15 is 0 Å². The fourth-order valence-electron chi connectivity index (χ4n) is 10.6. The monoisotopic (exact) mass is 914 g/mol. The molecule has 13 rings (SSSR count). The second kappa shape index (κ2) is 17.3. The minimum Gasteiger partial charge on any atom is -0.363 e. The van der Waals surface area contributed by atoms with Crippen LogP contribution in [0.1, 0.15) is 16.7 Å². The van der Waals surface area contributed by atoms with Crippen LogP contribution in [0.2, 0.25) is 0 Å². The van der Waals surface area contributed by atoms with Crippen molar-refractivity contribution in [3.05, 3.63) is 241 Å². The molecule has 9 aromatic carbocycles. The van der Waals surface area contributed by atoms with Gasteiger partial charge in [-0.25, -0.2) is 0 Å². The third kappa shape index (κ3) is 7.22. The first-order chi connectivity index (χ1) is 34.5. The highest BCUT2D eigenvalue weighted by Gasteiger charge is 2.44. The fourth-order valence-corrected chi connectivity index (χ4v) is 11.9. The number of rotatable bonds is 8. The van der Waals surface area contributed by atoms with Gasteiger partial charge in [0.2, 0.25) is 6.71 Å². The van der Waals surface area contributed by atoms with Crippen molar-refractivity contribution in [2.45, 2.75) is 23.6 Å². The Balaban J connectivity index is 1.20. The molecule has 0 amide bonds. The maximum atomic E-state index is 4.06. The van der Waals surface area contributed by atoms with Crippen molar-refractivity contribution >= 4 is 116 Å². The predicted octanol–water partition coefficient (Wildman–Crippen LogP) is 13.9. The van der Waals surface area contributed by atoms with Gasteiger partial charge in [0.25, 0.3) is 0 Å². The van der Waals surface area contributed by atoms with Crippen molar-refractivity contribution in [1.82, 2.24) is 0 Å². The Morgan fingerprint density at radius 1 is 0.571 bits per heavy atom. The summed E-state index contributed by atoms with van der Waals surface area (Å²) in [6, 6.07) is 70.3. The number of nitrogens with one attached hydrogen (secondary N) is 3. The fraction of sp³-hybridized carbons (Fsp3) is 0.0323. The Bertz CT molecular complexity index is 3500. The maximum Gasteiger partial charge on any atom is 0.249 e. The zero-order chi connectivity index (χ0) is 46.7. The van der Waals surface area contributed by atoms with Crippen molar-refractivity contribution in [2.75, 3.05) is 25.8 Å². The molecule has 0 unspecified atom stereocenters. The summed E-state index contributed by atoms with van der Waals surface area (Å²) < 4.78 is 0. The standard InChI is InChI=1S/C62H46B2N5S/c1-40-29-33-45(34-30-40)68(46-35-31-41(2)32-36-46)47-37-52(66-43-18-5-3-6-19-43)57(53(38-47)67-44-20-7-4-8-21-44)58-59-48-22-10-9-17-42(39-65-51-25-13-11-23-49(51)63-59)64-50-24-12-14-26-54(50)69-55-27-15-16-28-56(55)70-62(58)61(69)60(48)64/h3-39,65-67H,1-2H3/b17-9-,22-10?,42-39-. The Kier molecular flexibility index (Phi) is 10.4. The molecular weight excluding hydrogens is 868 g/mol. The molecule has 4 bridgehead atoms. The molecule has 0 saturated heterocycles. The largest absolute Gasteiger partial charge is 0.363 e. The van der Waals surface area contributed by atoms with Gasteiger partial charge in [0.15, 0.2) is 7.28 Å². The molecular formula is C62H46B2N5S. The van der Waals surface area contributed by atoms with Crippen molar-refractivity contribution in [2.24, 2.45) is 0 Å². The minimum absolute atomic E-state index is 0.0500. The molecule has 3 N–H and O–H groups in total. The van der Waals surface area contributed by atoms with E-state index in [2.05, 4.69) is 272 Å². The van der Waals surface area contributed by atoms with Gasteiger partial charge in [-0.05, 0) is 127 Å². The first-order valence-corrected chi connectivity index (χ1v) is 24.8. The van der Waals surface area contributed by atoms with Crippen LogP contribution in [-0.4, -0.2) is 14.0 Å². The van der Waals surface area contributed by atoms with Crippen molar-refractivity contribution < 1.29 is 0 Å². The average Bonchev–Trinajstić information content (AvgIpc) is 3.38. The molecule has 0 aromatic heterocycles. The molecule has 9 aromatic rings. The van der Waals surface area contributed by atoms with E-state index < -0.39 is 0 Å². The molecule has 4 heterocycles. The highest BCUT2D eigenvalue weighted by molar-refractivity contribution is 8.00. The van der Waals surface area contributed by atoms with Gasteiger partial charge in [-0.15, -0.1) is 0 Å². The van der Waals surface area contributed by atoms with Crippen LogP contribution in [0, 0.1) is 13.8 Å². The predicted molar refractivity (Wildman–Crippen MR) is 301 cm³/mol. The molecule has 4 aliphatic heterocycles. The van der Waals surface area contributed by atoms with Crippen LogP contribution in [0.3, 0.4) is 0 Å². The molecule has 4 aliphatic rings. The molecule has 0 spiro atoms. The van der Waals surface area contributed by atoms with Crippen LogP contribution in [0.4, 0.5) is 62.6 Å². The number of para-hydroxylation sites is 5. The van der Waals surface area contributed by atoms with E-state index in [1.807, 2.05) is 11.8 Å². The molecule has 5 nitrogen and oxygen atoms in total. The van der Waals surface area contributed by atoms with Crippen molar-refractivity contribution in [3.63, 3.8) is 0 Å². The SMILES string of the molecule is Cc1ccc(N(c2ccc(C)cc2)c2cc(Nc3ccccc3)c(-c3c4c5c6c7c3Sc3ccccc3N7c3ccccc3B6C(=C\Nc3ccccc3[B]4)/C=C\C=C5)c(Nc3ccccc3)c2)cc1. The van der Waals surface area contributed by atoms with Crippen molar-refractivity contribution in [3.8, 4) is 11.1 Å². The molecule has 331 valence electrons. The Morgan fingerprint density at radius 3 is 1.84 bits per heavy atom. The Labute approximate surface area is 415 Å². The first-order valence-electron chi connectivity index (χ1n) is 23.9. The van der Waals surface area contributed by atoms with E-state index in [1.54, 1.807) is 0 Å². The van der Waals surface area contributed by atoms with Gasteiger partial charge < -0.3 is 25.8 Å². The molecule has 70 heavy (non-hydrogen) atoms. The topological polar surface area (TPSA) is 42.6 Å². The highest BCUT2D eigenvalue weighted by atomic mass is 32.2. The highest BCUT2D eigenvalue weighted by Crippen LogP contribution is 2.57. The number of aryl methyl sites for hydroxylation is 2. The summed E-state index contributed by atoms with van der Waals surface area (Å²) >= 11 is 1.88. The summed E-state index contributed by atoms with van der Waals surface area (Å²) in [4.78, 5) is 7.35. The van der Waals surface area contributed by atoms with Crippen LogP contribution < -0.4 is 47.6 Å². The third-order valence-electron chi connectivity index (χ3n) is 13.8. The van der Waals surface area contributed by atoms with E-state index in [4.69, 9.17) is 0 Å². The lowest BCUT2D eigenvalue weighted by atomic mass is 9.33. The van der Waals surface area contributed by atoms with Crippen LogP contribution in [0.15, 0.2) is 234 Å². The molecule has 0 fully saturated rings. The van der Waals surface area contributed by atoms with E-state index in [0.717, 1.165) is 67.6 Å². The zero-order valence-electron chi connectivity index (χ0n) is 38.8. The van der Waals surface area contributed by atoms with Crippen LogP contribution in [-0.2, 0) is 0 Å². The molecule has 1 radical (unpaired) electrons. The second-order valence-corrected chi connectivity index (χ2v) is 19.4. The van der Waals surface area contributed by atoms with E-state index in [1.165, 1.54) is 59.9 Å². The van der Waals surface area contributed by atoms with Gasteiger partial charge in [0, 0.05) is 49.5 Å². The van der Waals surface area contributed by atoms with Gasteiger partial charge in [0.1, 0.15) is 0 Å². The Hall–Kier alpha value is -8.32. The van der Waals surface area contributed by atoms with Crippen LogP contribution in [0.5, 0.6) is 0 Å². The lowest BCUT2D eigenvalue weighted by Gasteiger charge is -2.44. The second-order valence-electron chi connectivity index (χ2n) is 18.3. The minimum atomic E-state index is -0.0500. The number of benzene rings is 9. The lowest BCUT2D eigenvalue weighted by molar-refractivity contribution is 1.17. The van der Waals surface area contributed by atoms with E-state index in [-0.39, 0.29) is 6.71 Å². The number of hydrogen-bond donors (Lipinski definition) is 3. The summed E-state index contributed by atoms with van der Waals surface area (Å²) in [5.74, 6) is 0. The molecule has 8 heteroatoms. The van der Waals surface area contributed by atoms with E-state index in [0.29, 0.717) is 0 Å². The van der Waals surface area contributed by atoms with Crippen LogP contribution >= 0.6 is 11.8 Å². The molecule has 0 aliphatic carbocycles. The van der Waals surface area contributed by atoms with Gasteiger partial charge >= 0.3 is 0 Å². The summed E-state index contributed by atoms with van der Waals surface area (Å²) in [6.45, 7) is 4.24. The van der Waals surface area contributed by atoms with Gasteiger partial charge in [-0.2, -0.15) is 0 Å². The summed E-state index contributed by atoms with van der Waals surface area (Å²) in [5.41, 5.74) is 23.6. The van der Waals surface area contributed by atoms with Gasteiger partial charge in [-0.3, -0.25) is 0 Å². The average molecular weight is 915 g/mol. The third-order valence-corrected chi connectivity index (χ3v) is 15.0. The normalized spacial score (nSPS) is 14.6. The van der Waals surface area contributed by atoms with E-state index in [9.17, 15) is 0 Å². The maximum absolute atomic E-state index is 4.06. The molecule has 0 saturated carbocycles. The number of anilines is 11. The summed E-state index contributed by atoms with van der Waals surface area (Å²) in [7, 11) is 2.43. The number of nitrogens with zero attached hydrogens (tertiary/aromatic N) is 2. The van der Waals surface area contributed by atoms with Crippen molar-refractivity contribution in [1.29, 1.82) is 0 Å². The Morgan fingerprint density at radius 2 is 1.16 bits per heavy atom. The quantitative estimate of drug-likeness (QED) is 0.132. The first kappa shape index (κ1) is 41.8. The summed E-state index contributed by atoms with van der Waals surface area (Å²) in [6.07, 6.45) is 11.3. The molecule has 0 atom stereocenters. The van der Waals surface area contributed by atoms with Crippen LogP contribution in [0.25, 0.3) is 17.2 Å². The van der Waals surface area contributed by atoms with Gasteiger partial charge in [0.05, 0.1) is 28.4 Å². The number of allylic oxidation sites excluding steroid dienone is 4. The summed E-state index contributed by atoms with van der Waals surface area (Å²) in [5, 5.41) is 11.9. The lowest BCUT2D eigenvalue weighted by Crippen LogP contribution is -2.55. The zero-order valence-corrected chi connectivity index (χ0v) is 39.6. The number of hydrogen-bond acceptors (Lipinski definition) is 6. The smallest absolute Gasteiger partial charge is 0.249 e. The number of fused-ring (bicyclic) bond motifs is 5.